The number of ketones is 1. The molecule has 0 saturated carbocycles. The third kappa shape index (κ3) is 4.67. The maximum atomic E-state index is 12.0. The van der Waals surface area contributed by atoms with Gasteiger partial charge in [0.25, 0.3) is 0 Å². The van der Waals surface area contributed by atoms with E-state index < -0.39 is 31.3 Å². The zero-order valence-corrected chi connectivity index (χ0v) is 12.7. The van der Waals surface area contributed by atoms with Gasteiger partial charge in [0.1, 0.15) is 11.5 Å². The molecule has 0 saturated heterocycles. The highest BCUT2D eigenvalue weighted by molar-refractivity contribution is 7.49. The predicted octanol–water partition coefficient (Wildman–Crippen LogP) is 0.503. The Kier molecular flexibility index (Phi) is 4.91. The summed E-state index contributed by atoms with van der Waals surface area (Å²) in [5.74, 6) is -2.33. The SMILES string of the molecule is O=C1C=C(O)C=C(NP(=O)(O)O)C1C(O)Cc1ccc(O)cc1. The van der Waals surface area contributed by atoms with Crippen LogP contribution in [0, 0.1) is 5.92 Å². The summed E-state index contributed by atoms with van der Waals surface area (Å²) in [4.78, 5) is 30.0. The molecule has 6 N–H and O–H groups in total. The van der Waals surface area contributed by atoms with Crippen LogP contribution in [-0.4, -0.2) is 37.0 Å². The number of carbonyl (C=O) groups is 1. The van der Waals surface area contributed by atoms with Crippen LogP contribution in [0.25, 0.3) is 0 Å². The first kappa shape index (κ1) is 17.2. The lowest BCUT2D eigenvalue weighted by Gasteiger charge is -2.27. The molecule has 1 aliphatic carbocycles. The number of benzene rings is 1. The molecule has 2 rings (SSSR count). The number of rotatable bonds is 5. The third-order valence-electron chi connectivity index (χ3n) is 3.28. The van der Waals surface area contributed by atoms with Crippen LogP contribution in [0.2, 0.25) is 0 Å². The predicted molar refractivity (Wildman–Crippen MR) is 80.3 cm³/mol. The van der Waals surface area contributed by atoms with E-state index in [2.05, 4.69) is 0 Å². The molecule has 124 valence electrons. The lowest BCUT2D eigenvalue weighted by atomic mass is 9.86. The van der Waals surface area contributed by atoms with Gasteiger partial charge in [0.15, 0.2) is 5.78 Å². The molecule has 9 heteroatoms. The fourth-order valence-corrected chi connectivity index (χ4v) is 2.88. The lowest BCUT2D eigenvalue weighted by molar-refractivity contribution is -0.120. The van der Waals surface area contributed by atoms with Crippen molar-refractivity contribution in [2.24, 2.45) is 5.92 Å². The van der Waals surface area contributed by atoms with E-state index >= 15 is 0 Å². The van der Waals surface area contributed by atoms with Crippen LogP contribution in [0.15, 0.2) is 47.9 Å². The number of phenols is 1. The van der Waals surface area contributed by atoms with Crippen LogP contribution in [0.1, 0.15) is 5.56 Å². The number of carbonyl (C=O) groups excluding carboxylic acids is 1. The number of nitrogens with one attached hydrogen (secondary N) is 1. The second kappa shape index (κ2) is 6.55. The number of allylic oxidation sites excluding steroid dienone is 2. The van der Waals surface area contributed by atoms with Crippen molar-refractivity contribution in [3.8, 4) is 5.75 Å². The molecule has 2 unspecified atom stereocenters. The zero-order chi connectivity index (χ0) is 17.2. The number of aliphatic hydroxyl groups is 2. The quantitative estimate of drug-likeness (QED) is 0.424. The van der Waals surface area contributed by atoms with Crippen LogP contribution in [0.4, 0.5) is 0 Å². The molecule has 0 amide bonds. The van der Waals surface area contributed by atoms with E-state index in [0.717, 1.165) is 12.2 Å². The molecule has 0 heterocycles. The first-order chi connectivity index (χ1) is 10.7. The largest absolute Gasteiger partial charge is 0.508 e. The molecule has 0 spiro atoms. The van der Waals surface area contributed by atoms with Crippen molar-refractivity contribution in [1.82, 2.24) is 5.09 Å². The molecule has 8 nitrogen and oxygen atoms in total. The summed E-state index contributed by atoms with van der Waals surface area (Å²) >= 11 is 0. The summed E-state index contributed by atoms with van der Waals surface area (Å²) in [6.07, 6.45) is 0.619. The Balaban J connectivity index is 2.23. The molecular weight excluding hydrogens is 325 g/mol. The summed E-state index contributed by atoms with van der Waals surface area (Å²) in [6, 6.07) is 5.94. The van der Waals surface area contributed by atoms with Gasteiger partial charge in [-0.1, -0.05) is 12.1 Å². The zero-order valence-electron chi connectivity index (χ0n) is 11.8. The van der Waals surface area contributed by atoms with Crippen molar-refractivity contribution in [3.63, 3.8) is 0 Å². The fraction of sp³-hybridized carbons (Fsp3) is 0.214. The summed E-state index contributed by atoms with van der Waals surface area (Å²) in [5.41, 5.74) is 0.368. The van der Waals surface area contributed by atoms with Gasteiger partial charge in [-0.15, -0.1) is 0 Å². The molecule has 0 fully saturated rings. The molecule has 1 aliphatic rings. The average molecular weight is 341 g/mol. The Labute approximate surface area is 131 Å². The van der Waals surface area contributed by atoms with Crippen molar-refractivity contribution in [2.75, 3.05) is 0 Å². The normalized spacial score (nSPS) is 19.8. The highest BCUT2D eigenvalue weighted by atomic mass is 31.2. The Morgan fingerprint density at radius 3 is 2.30 bits per heavy atom. The summed E-state index contributed by atoms with van der Waals surface area (Å²) in [6.45, 7) is 0. The van der Waals surface area contributed by atoms with Crippen molar-refractivity contribution >= 4 is 13.5 Å². The van der Waals surface area contributed by atoms with Crippen molar-refractivity contribution in [2.45, 2.75) is 12.5 Å². The smallest absolute Gasteiger partial charge is 0.427 e. The number of aliphatic hydroxyl groups excluding tert-OH is 2. The van der Waals surface area contributed by atoms with Crippen LogP contribution in [0.3, 0.4) is 0 Å². The molecule has 0 aliphatic heterocycles. The number of aromatic hydroxyl groups is 1. The highest BCUT2D eigenvalue weighted by Crippen LogP contribution is 2.35. The summed E-state index contributed by atoms with van der Waals surface area (Å²) in [5, 5.41) is 30.8. The van der Waals surface area contributed by atoms with Gasteiger partial charge in [-0.05, 0) is 24.1 Å². The molecule has 0 aromatic heterocycles. The van der Waals surface area contributed by atoms with E-state index in [9.17, 15) is 24.7 Å². The Hall–Kier alpha value is -2.12. The van der Waals surface area contributed by atoms with Gasteiger partial charge in [0, 0.05) is 17.8 Å². The van der Waals surface area contributed by atoms with Gasteiger partial charge < -0.3 is 25.1 Å². The van der Waals surface area contributed by atoms with E-state index in [1.54, 1.807) is 12.1 Å². The van der Waals surface area contributed by atoms with Crippen molar-refractivity contribution in [3.05, 3.63) is 53.4 Å². The van der Waals surface area contributed by atoms with Crippen LogP contribution in [0.5, 0.6) is 5.75 Å². The van der Waals surface area contributed by atoms with E-state index in [0.29, 0.717) is 5.56 Å². The van der Waals surface area contributed by atoms with Gasteiger partial charge in [0.05, 0.1) is 12.0 Å². The number of hydrogen-bond acceptors (Lipinski definition) is 5. The first-order valence-electron chi connectivity index (χ1n) is 6.61. The Morgan fingerprint density at radius 1 is 1.13 bits per heavy atom. The average Bonchev–Trinajstić information content (AvgIpc) is 2.38. The number of hydrogen-bond donors (Lipinski definition) is 6. The Morgan fingerprint density at radius 2 is 1.74 bits per heavy atom. The molecular formula is C14H16NO7P. The summed E-state index contributed by atoms with van der Waals surface area (Å²) < 4.78 is 11.1. The van der Waals surface area contributed by atoms with Crippen LogP contribution >= 0.6 is 7.75 Å². The van der Waals surface area contributed by atoms with Gasteiger partial charge >= 0.3 is 7.75 Å². The van der Waals surface area contributed by atoms with Gasteiger partial charge in [0.2, 0.25) is 0 Å². The minimum Gasteiger partial charge on any atom is -0.508 e. The van der Waals surface area contributed by atoms with Gasteiger partial charge in [-0.25, -0.2) is 4.57 Å². The van der Waals surface area contributed by atoms with E-state index in [1.165, 1.54) is 12.1 Å². The topological polar surface area (TPSA) is 147 Å². The minimum absolute atomic E-state index is 0.0193. The fourth-order valence-electron chi connectivity index (χ4n) is 2.34. The highest BCUT2D eigenvalue weighted by Gasteiger charge is 2.35. The third-order valence-corrected chi connectivity index (χ3v) is 3.83. The first-order valence-corrected chi connectivity index (χ1v) is 8.23. The minimum atomic E-state index is -4.71. The maximum Gasteiger partial charge on any atom is 0.427 e. The number of phenolic OH excluding ortho intramolecular Hbond substituents is 1. The van der Waals surface area contributed by atoms with E-state index in [-0.39, 0.29) is 17.9 Å². The molecule has 0 bridgehead atoms. The molecule has 0 radical (unpaired) electrons. The van der Waals surface area contributed by atoms with E-state index in [4.69, 9.17) is 9.79 Å². The molecule has 1 aromatic rings. The van der Waals surface area contributed by atoms with E-state index in [1.807, 2.05) is 5.09 Å². The van der Waals surface area contributed by atoms with Crippen LogP contribution in [-0.2, 0) is 15.8 Å². The van der Waals surface area contributed by atoms with Gasteiger partial charge in [-0.3, -0.25) is 9.88 Å². The maximum absolute atomic E-state index is 12.0. The van der Waals surface area contributed by atoms with Crippen LogP contribution < -0.4 is 5.09 Å². The standard InChI is InChI=1S/C14H16NO7P/c16-9-3-1-8(2-4-9)5-12(18)14-11(15-23(20,21)22)6-10(17)7-13(14)19/h1-4,6-7,12,14,16-18H,5H2,(H3,15,20,21,22). The summed E-state index contributed by atoms with van der Waals surface area (Å²) in [7, 11) is -4.71. The monoisotopic (exact) mass is 341 g/mol. The lowest BCUT2D eigenvalue weighted by Crippen LogP contribution is -2.36. The molecule has 23 heavy (non-hydrogen) atoms. The molecule has 1 aromatic carbocycles. The Bertz CT molecular complexity index is 704. The van der Waals surface area contributed by atoms with Crippen molar-refractivity contribution < 1.29 is 34.5 Å². The van der Waals surface area contributed by atoms with Crippen molar-refractivity contribution in [1.29, 1.82) is 0 Å². The molecule has 2 atom stereocenters. The second-order valence-corrected chi connectivity index (χ2v) is 6.45. The van der Waals surface area contributed by atoms with Gasteiger partial charge in [-0.2, -0.15) is 0 Å². The second-order valence-electron chi connectivity index (χ2n) is 5.14.